The number of aliphatic hydroxyl groups is 3. The summed E-state index contributed by atoms with van der Waals surface area (Å²) >= 11 is 0. The maximum atomic E-state index is 12.6. The first-order valence-corrected chi connectivity index (χ1v) is 8.67. The molecule has 5 N–H and O–H groups in total. The standard InChI is InChI=1S/C16H23N5O7/c1-6(23)12-19-14(17)16(7(2)24)15(21(12)8(3)25)20(5-18-16)13-11(27)10(26)9(4-22)28-13/h5,9-13,15,22,26-27H,4H2,1-3H3,(H2,17,19)/t9-,10-,11-,12+,13-,15+,16+/m1/s1. The molecule has 12 nitrogen and oxygen atoms in total. The van der Waals surface area contributed by atoms with E-state index < -0.39 is 66.5 Å². The number of fused-ring (bicyclic) bond motifs is 1. The van der Waals surface area contributed by atoms with Crippen molar-refractivity contribution in [3.8, 4) is 0 Å². The zero-order chi connectivity index (χ0) is 21.0. The van der Waals surface area contributed by atoms with Crippen LogP contribution in [0, 0.1) is 0 Å². The number of carbonyl (C=O) groups excluding carboxylic acids is 3. The van der Waals surface area contributed by atoms with Gasteiger partial charge in [-0.1, -0.05) is 0 Å². The summed E-state index contributed by atoms with van der Waals surface area (Å²) in [6.07, 6.45) is -6.55. The Morgan fingerprint density at radius 2 is 1.89 bits per heavy atom. The van der Waals surface area contributed by atoms with Crippen molar-refractivity contribution >= 4 is 29.6 Å². The molecule has 0 saturated carbocycles. The molecule has 3 rings (SSSR count). The highest BCUT2D eigenvalue weighted by atomic mass is 16.6. The summed E-state index contributed by atoms with van der Waals surface area (Å²) in [6.45, 7) is 3.09. The van der Waals surface area contributed by atoms with Crippen LogP contribution in [0.4, 0.5) is 0 Å². The lowest BCUT2D eigenvalue weighted by Gasteiger charge is -2.48. The number of hydrogen-bond donors (Lipinski definition) is 4. The largest absolute Gasteiger partial charge is 0.394 e. The van der Waals surface area contributed by atoms with Crippen LogP contribution in [0.5, 0.6) is 0 Å². The predicted octanol–water partition coefficient (Wildman–Crippen LogP) is -3.44. The predicted molar refractivity (Wildman–Crippen MR) is 93.9 cm³/mol. The number of carbonyl (C=O) groups is 3. The lowest BCUT2D eigenvalue weighted by molar-refractivity contribution is -0.156. The van der Waals surface area contributed by atoms with Crippen LogP contribution in [0.1, 0.15) is 20.8 Å². The number of hydrogen-bond acceptors (Lipinski definition) is 11. The van der Waals surface area contributed by atoms with Gasteiger partial charge < -0.3 is 30.7 Å². The van der Waals surface area contributed by atoms with E-state index in [1.165, 1.54) is 32.0 Å². The minimum Gasteiger partial charge on any atom is -0.394 e. The third-order valence-electron chi connectivity index (χ3n) is 5.30. The molecule has 0 aromatic heterocycles. The summed E-state index contributed by atoms with van der Waals surface area (Å²) < 4.78 is 5.52. The first-order valence-electron chi connectivity index (χ1n) is 8.67. The Labute approximate surface area is 160 Å². The van der Waals surface area contributed by atoms with Crippen LogP contribution in [0.2, 0.25) is 0 Å². The molecule has 0 aromatic carbocycles. The van der Waals surface area contributed by atoms with Crippen LogP contribution < -0.4 is 5.73 Å². The van der Waals surface area contributed by atoms with Gasteiger partial charge in [0.25, 0.3) is 0 Å². The zero-order valence-corrected chi connectivity index (χ0v) is 15.6. The summed E-state index contributed by atoms with van der Waals surface area (Å²) in [6, 6.07) is 0. The van der Waals surface area contributed by atoms with Crippen LogP contribution in [0.25, 0.3) is 0 Å². The summed E-state index contributed by atoms with van der Waals surface area (Å²) in [5, 5.41) is 29.8. The van der Waals surface area contributed by atoms with E-state index in [1.807, 2.05) is 0 Å². The third-order valence-corrected chi connectivity index (χ3v) is 5.30. The van der Waals surface area contributed by atoms with Crippen LogP contribution >= 0.6 is 0 Å². The van der Waals surface area contributed by atoms with Crippen molar-refractivity contribution in [2.24, 2.45) is 15.7 Å². The van der Waals surface area contributed by atoms with Crippen LogP contribution in [0.3, 0.4) is 0 Å². The van der Waals surface area contributed by atoms with E-state index in [2.05, 4.69) is 9.98 Å². The molecule has 154 valence electrons. The smallest absolute Gasteiger partial charge is 0.223 e. The summed E-state index contributed by atoms with van der Waals surface area (Å²) in [5.41, 5.74) is 4.24. The average molecular weight is 397 g/mol. The molecule has 3 aliphatic rings. The first-order chi connectivity index (χ1) is 13.1. The van der Waals surface area contributed by atoms with Gasteiger partial charge >= 0.3 is 0 Å². The molecule has 0 aromatic rings. The molecule has 1 amide bonds. The van der Waals surface area contributed by atoms with Crippen molar-refractivity contribution in [3.05, 3.63) is 0 Å². The Kier molecular flexibility index (Phi) is 5.00. The summed E-state index contributed by atoms with van der Waals surface area (Å²) in [4.78, 5) is 47.7. The molecule has 0 unspecified atom stereocenters. The maximum absolute atomic E-state index is 12.6. The lowest BCUT2D eigenvalue weighted by Crippen LogP contribution is -2.73. The maximum Gasteiger partial charge on any atom is 0.223 e. The van der Waals surface area contributed by atoms with Crippen LogP contribution in [-0.4, -0.2) is 104 Å². The van der Waals surface area contributed by atoms with Gasteiger partial charge in [0.05, 0.1) is 12.9 Å². The van der Waals surface area contributed by atoms with E-state index in [9.17, 15) is 29.7 Å². The number of ether oxygens (including phenoxy) is 1. The number of amidine groups is 1. The second-order valence-corrected chi connectivity index (χ2v) is 7.04. The molecule has 3 aliphatic heterocycles. The molecule has 7 atom stereocenters. The van der Waals surface area contributed by atoms with Crippen molar-refractivity contribution in [1.29, 1.82) is 0 Å². The highest BCUT2D eigenvalue weighted by Gasteiger charge is 2.63. The highest BCUT2D eigenvalue weighted by Crippen LogP contribution is 2.39. The molecular formula is C16H23N5O7. The number of aliphatic imine (C=N–C) groups is 2. The Morgan fingerprint density at radius 3 is 2.36 bits per heavy atom. The molecule has 0 aliphatic carbocycles. The van der Waals surface area contributed by atoms with E-state index in [0.29, 0.717) is 0 Å². The Balaban J connectivity index is 2.13. The van der Waals surface area contributed by atoms with Crippen molar-refractivity contribution < 1.29 is 34.4 Å². The lowest BCUT2D eigenvalue weighted by atomic mass is 9.86. The van der Waals surface area contributed by atoms with E-state index in [4.69, 9.17) is 10.5 Å². The number of rotatable bonds is 4. The molecule has 0 spiro atoms. The molecule has 12 heteroatoms. The monoisotopic (exact) mass is 397 g/mol. The average Bonchev–Trinajstić information content (AvgIpc) is 3.14. The number of nitrogens with two attached hydrogens (primary N) is 1. The minimum atomic E-state index is -1.79. The van der Waals surface area contributed by atoms with E-state index in [1.54, 1.807) is 0 Å². The number of Topliss-reactive ketones (excluding diaryl/α,β-unsaturated/α-hetero) is 2. The fourth-order valence-electron chi connectivity index (χ4n) is 3.89. The second kappa shape index (κ2) is 6.88. The van der Waals surface area contributed by atoms with Gasteiger partial charge in [-0.05, 0) is 13.8 Å². The highest BCUT2D eigenvalue weighted by molar-refractivity contribution is 6.16. The number of amides is 1. The molecule has 28 heavy (non-hydrogen) atoms. The molecule has 0 radical (unpaired) electrons. The van der Waals surface area contributed by atoms with Crippen molar-refractivity contribution in [2.75, 3.05) is 6.61 Å². The van der Waals surface area contributed by atoms with Gasteiger partial charge in [-0.2, -0.15) is 0 Å². The van der Waals surface area contributed by atoms with Gasteiger partial charge in [0.15, 0.2) is 24.0 Å². The molecule has 1 fully saturated rings. The normalized spacial score (nSPS) is 39.7. The van der Waals surface area contributed by atoms with Crippen molar-refractivity contribution in [3.63, 3.8) is 0 Å². The van der Waals surface area contributed by atoms with Crippen molar-refractivity contribution in [2.45, 2.75) is 63.2 Å². The number of nitrogens with zero attached hydrogens (tertiary/aromatic N) is 4. The van der Waals surface area contributed by atoms with E-state index in [-0.39, 0.29) is 5.84 Å². The second-order valence-electron chi connectivity index (χ2n) is 7.04. The topological polar surface area (TPSA) is 178 Å². The molecule has 1 saturated heterocycles. The molecule has 3 heterocycles. The Bertz CT molecular complexity index is 770. The molecule has 0 bridgehead atoms. The first kappa shape index (κ1) is 20.3. The number of aliphatic hydroxyl groups excluding tert-OH is 3. The summed E-state index contributed by atoms with van der Waals surface area (Å²) in [5.74, 6) is -1.83. The Hall–Kier alpha value is -2.41. The fourth-order valence-corrected chi connectivity index (χ4v) is 3.89. The van der Waals surface area contributed by atoms with Gasteiger partial charge in [-0.15, -0.1) is 0 Å². The Morgan fingerprint density at radius 1 is 1.25 bits per heavy atom. The van der Waals surface area contributed by atoms with Gasteiger partial charge in [0.2, 0.25) is 11.4 Å². The van der Waals surface area contributed by atoms with Crippen LogP contribution in [-0.2, 0) is 19.1 Å². The van der Waals surface area contributed by atoms with Gasteiger partial charge in [-0.3, -0.25) is 19.3 Å². The van der Waals surface area contributed by atoms with Crippen molar-refractivity contribution in [1.82, 2.24) is 9.80 Å². The SMILES string of the molecule is CC(=O)[C@H]1N=C(N)[C@]2(C(C)=O)N=CN([C@@H]3O[C@H](CO)[C@@H](O)[C@H]3O)[C@H]2N1C(C)=O. The van der Waals surface area contributed by atoms with Gasteiger partial charge in [-0.25, -0.2) is 9.98 Å². The minimum absolute atomic E-state index is 0.242. The molecular weight excluding hydrogens is 374 g/mol. The van der Waals surface area contributed by atoms with Gasteiger partial charge in [0, 0.05) is 6.92 Å². The quantitative estimate of drug-likeness (QED) is 0.375. The zero-order valence-electron chi connectivity index (χ0n) is 15.6. The van der Waals surface area contributed by atoms with E-state index in [0.717, 1.165) is 4.90 Å². The number of ketones is 2. The van der Waals surface area contributed by atoms with E-state index >= 15 is 0 Å². The third kappa shape index (κ3) is 2.64. The van der Waals surface area contributed by atoms with Gasteiger partial charge in [0.1, 0.15) is 30.3 Å². The fraction of sp³-hybridized carbons (Fsp3) is 0.688. The van der Waals surface area contributed by atoms with Crippen LogP contribution in [0.15, 0.2) is 9.98 Å². The summed E-state index contributed by atoms with van der Waals surface area (Å²) in [7, 11) is 0.